The van der Waals surface area contributed by atoms with E-state index in [0.29, 0.717) is 16.5 Å². The Morgan fingerprint density at radius 1 is 1.06 bits per heavy atom. The zero-order chi connectivity index (χ0) is 23.2. The lowest BCUT2D eigenvalue weighted by Gasteiger charge is -2.33. The van der Waals surface area contributed by atoms with Gasteiger partial charge in [0.15, 0.2) is 0 Å². The zero-order valence-corrected chi connectivity index (χ0v) is 21.0. The third kappa shape index (κ3) is 8.06. The minimum atomic E-state index is -0.584. The number of amides is 2. The van der Waals surface area contributed by atoms with E-state index in [1.165, 1.54) is 17.3 Å². The van der Waals surface area contributed by atoms with Crippen LogP contribution in [0.25, 0.3) is 0 Å². The lowest BCUT2D eigenvalue weighted by atomic mass is 10.1. The average molecular weight is 481 g/mol. The maximum Gasteiger partial charge on any atom is 0.243 e. The van der Waals surface area contributed by atoms with Gasteiger partial charge in [0.1, 0.15) is 6.04 Å². The minimum absolute atomic E-state index is 0.104. The van der Waals surface area contributed by atoms with Crippen molar-refractivity contribution in [2.45, 2.75) is 64.1 Å². The molecule has 2 aromatic rings. The predicted molar refractivity (Wildman–Crippen MR) is 131 cm³/mol. The van der Waals surface area contributed by atoms with Crippen molar-refractivity contribution in [2.24, 2.45) is 0 Å². The third-order valence-corrected chi connectivity index (χ3v) is 6.34. The molecule has 0 aromatic heterocycles. The van der Waals surface area contributed by atoms with E-state index in [1.54, 1.807) is 17.0 Å². The van der Waals surface area contributed by atoms with Crippen molar-refractivity contribution in [3.63, 3.8) is 0 Å². The Morgan fingerprint density at radius 2 is 1.71 bits per heavy atom. The van der Waals surface area contributed by atoms with Gasteiger partial charge in [0.05, 0.1) is 15.8 Å². The molecule has 0 aliphatic carbocycles. The Labute approximate surface area is 199 Å². The highest BCUT2D eigenvalue weighted by Crippen LogP contribution is 2.25. The molecule has 1 atom stereocenters. The molecule has 0 aliphatic heterocycles. The molecule has 0 saturated heterocycles. The summed E-state index contributed by atoms with van der Waals surface area (Å²) in [5, 5.41) is 3.88. The van der Waals surface area contributed by atoms with Gasteiger partial charge < -0.3 is 10.2 Å². The van der Waals surface area contributed by atoms with Crippen LogP contribution in [-0.4, -0.2) is 34.0 Å². The summed E-state index contributed by atoms with van der Waals surface area (Å²) in [5.41, 5.74) is 1.60. The van der Waals surface area contributed by atoms with Crippen molar-refractivity contribution in [3.8, 4) is 0 Å². The quantitative estimate of drug-likeness (QED) is 0.463. The normalized spacial score (nSPS) is 12.4. The van der Waals surface area contributed by atoms with E-state index < -0.39 is 6.04 Å². The fourth-order valence-corrected chi connectivity index (χ4v) is 4.17. The van der Waals surface area contributed by atoms with E-state index in [4.69, 9.17) is 23.2 Å². The minimum Gasteiger partial charge on any atom is -0.350 e. The van der Waals surface area contributed by atoms with Crippen LogP contribution < -0.4 is 5.32 Å². The summed E-state index contributed by atoms with van der Waals surface area (Å²) in [4.78, 5) is 28.9. The first-order valence-corrected chi connectivity index (χ1v) is 12.0. The second-order valence-electron chi connectivity index (χ2n) is 8.54. The summed E-state index contributed by atoms with van der Waals surface area (Å²) < 4.78 is 0. The zero-order valence-electron chi connectivity index (χ0n) is 18.7. The molecule has 1 unspecified atom stereocenters. The molecular formula is C24H30Cl2N2O2S. The van der Waals surface area contributed by atoms with Crippen LogP contribution in [0.1, 0.15) is 45.2 Å². The van der Waals surface area contributed by atoms with Crippen LogP contribution in [-0.2, 0) is 16.1 Å². The highest BCUT2D eigenvalue weighted by Gasteiger charge is 2.30. The van der Waals surface area contributed by atoms with E-state index >= 15 is 0 Å². The molecule has 4 nitrogen and oxygen atoms in total. The smallest absolute Gasteiger partial charge is 0.243 e. The largest absolute Gasteiger partial charge is 0.350 e. The van der Waals surface area contributed by atoms with Crippen LogP contribution in [0.4, 0.5) is 0 Å². The monoisotopic (exact) mass is 480 g/mol. The number of hydrogen-bond acceptors (Lipinski definition) is 3. The van der Waals surface area contributed by atoms with Crippen molar-refractivity contribution in [2.75, 3.05) is 5.75 Å². The molecule has 0 spiro atoms. The van der Waals surface area contributed by atoms with Crippen LogP contribution >= 0.6 is 35.0 Å². The molecule has 31 heavy (non-hydrogen) atoms. The van der Waals surface area contributed by atoms with Gasteiger partial charge in [-0.15, -0.1) is 11.8 Å². The molecule has 7 heteroatoms. The Morgan fingerprint density at radius 3 is 2.26 bits per heavy atom. The van der Waals surface area contributed by atoms with Crippen LogP contribution in [0.5, 0.6) is 0 Å². The molecule has 1 N–H and O–H groups in total. The van der Waals surface area contributed by atoms with Crippen molar-refractivity contribution in [1.29, 1.82) is 0 Å². The summed E-state index contributed by atoms with van der Waals surface area (Å²) in [6.07, 6.45) is 0.504. The standard InChI is InChI=1S/C24H30Cl2N2O2S/c1-6-21(23(30)27-24(3,4)5)28(14-17-9-12-19(25)20(26)13-17)22(29)15-31-18-10-7-16(2)8-11-18/h7-13,21H,6,14-15H2,1-5H3,(H,27,30). The highest BCUT2D eigenvalue weighted by molar-refractivity contribution is 8.00. The van der Waals surface area contributed by atoms with Gasteiger partial charge in [-0.3, -0.25) is 9.59 Å². The van der Waals surface area contributed by atoms with Crippen molar-refractivity contribution in [3.05, 3.63) is 63.6 Å². The number of hydrogen-bond donors (Lipinski definition) is 1. The maximum absolute atomic E-state index is 13.3. The van der Waals surface area contributed by atoms with Gasteiger partial charge >= 0.3 is 0 Å². The first-order chi connectivity index (χ1) is 14.5. The Balaban J connectivity index is 2.25. The number of nitrogens with zero attached hydrogens (tertiary/aromatic N) is 1. The average Bonchev–Trinajstić information content (AvgIpc) is 2.68. The number of thioether (sulfide) groups is 1. The van der Waals surface area contributed by atoms with Crippen LogP contribution in [0.2, 0.25) is 10.0 Å². The summed E-state index contributed by atoms with van der Waals surface area (Å²) >= 11 is 13.7. The van der Waals surface area contributed by atoms with Gasteiger partial charge in [-0.1, -0.05) is 53.9 Å². The van der Waals surface area contributed by atoms with E-state index in [2.05, 4.69) is 5.32 Å². The number of carbonyl (C=O) groups is 2. The number of halogens is 2. The van der Waals surface area contributed by atoms with Gasteiger partial charge in [0.25, 0.3) is 0 Å². The molecule has 2 rings (SSSR count). The summed E-state index contributed by atoms with van der Waals surface area (Å²) in [7, 11) is 0. The fraction of sp³-hybridized carbons (Fsp3) is 0.417. The van der Waals surface area contributed by atoms with Crippen LogP contribution in [0.15, 0.2) is 47.4 Å². The molecule has 0 fully saturated rings. The number of aryl methyl sites for hydroxylation is 1. The molecule has 2 amide bonds. The summed E-state index contributed by atoms with van der Waals surface area (Å²) in [5.74, 6) is -0.0275. The highest BCUT2D eigenvalue weighted by atomic mass is 35.5. The molecule has 0 heterocycles. The molecule has 0 saturated carbocycles. The topological polar surface area (TPSA) is 49.4 Å². The number of nitrogens with one attached hydrogen (secondary N) is 1. The van der Waals surface area contributed by atoms with Crippen LogP contribution in [0, 0.1) is 6.92 Å². The molecule has 0 aliphatic rings. The van der Waals surface area contributed by atoms with Crippen molar-refractivity contribution in [1.82, 2.24) is 10.2 Å². The van der Waals surface area contributed by atoms with E-state index in [1.807, 2.05) is 65.0 Å². The van der Waals surface area contributed by atoms with Gasteiger partial charge in [-0.05, 0) is 63.9 Å². The lowest BCUT2D eigenvalue weighted by Crippen LogP contribution is -2.53. The SMILES string of the molecule is CCC(C(=O)NC(C)(C)C)N(Cc1ccc(Cl)c(Cl)c1)C(=O)CSc1ccc(C)cc1. The summed E-state index contributed by atoms with van der Waals surface area (Å²) in [6, 6.07) is 12.7. The van der Waals surface area contributed by atoms with Crippen LogP contribution in [0.3, 0.4) is 0 Å². The van der Waals surface area contributed by atoms with E-state index in [0.717, 1.165) is 10.5 Å². The second kappa shape index (κ2) is 11.3. The first kappa shape index (κ1) is 25.6. The number of benzene rings is 2. The van der Waals surface area contributed by atoms with E-state index in [9.17, 15) is 9.59 Å². The number of carbonyl (C=O) groups excluding carboxylic acids is 2. The molecule has 168 valence electrons. The molecule has 0 bridgehead atoms. The third-order valence-electron chi connectivity index (χ3n) is 4.60. The second-order valence-corrected chi connectivity index (χ2v) is 10.4. The Kier molecular flexibility index (Phi) is 9.28. The fourth-order valence-electron chi connectivity index (χ4n) is 3.07. The Bertz CT molecular complexity index is 911. The Hall–Kier alpha value is -1.69. The first-order valence-electron chi connectivity index (χ1n) is 10.2. The van der Waals surface area contributed by atoms with Crippen molar-refractivity contribution < 1.29 is 9.59 Å². The lowest BCUT2D eigenvalue weighted by molar-refractivity contribution is -0.140. The van der Waals surface area contributed by atoms with Gasteiger partial charge in [0, 0.05) is 17.0 Å². The van der Waals surface area contributed by atoms with Gasteiger partial charge in [-0.25, -0.2) is 0 Å². The van der Waals surface area contributed by atoms with Crippen molar-refractivity contribution >= 4 is 46.8 Å². The van der Waals surface area contributed by atoms with Gasteiger partial charge in [-0.2, -0.15) is 0 Å². The molecule has 0 radical (unpaired) electrons. The van der Waals surface area contributed by atoms with Gasteiger partial charge in [0.2, 0.25) is 11.8 Å². The maximum atomic E-state index is 13.3. The predicted octanol–water partition coefficient (Wildman–Crippen LogP) is 6.12. The number of rotatable bonds is 8. The van der Waals surface area contributed by atoms with E-state index in [-0.39, 0.29) is 29.7 Å². The molecule has 2 aromatic carbocycles. The summed E-state index contributed by atoms with van der Waals surface area (Å²) in [6.45, 7) is 10.00. The molecular weight excluding hydrogens is 451 g/mol.